The second kappa shape index (κ2) is 8.10. The molecule has 4 heteroatoms. The first-order chi connectivity index (χ1) is 8.72. The minimum Gasteiger partial charge on any atom is -0.303 e. The lowest BCUT2D eigenvalue weighted by atomic mass is 10.1. The summed E-state index contributed by atoms with van der Waals surface area (Å²) in [7, 11) is 0. The van der Waals surface area contributed by atoms with Crippen molar-refractivity contribution in [2.24, 2.45) is 0 Å². The van der Waals surface area contributed by atoms with E-state index < -0.39 is 0 Å². The van der Waals surface area contributed by atoms with Gasteiger partial charge in [0.2, 0.25) is 0 Å². The van der Waals surface area contributed by atoms with E-state index in [-0.39, 0.29) is 6.04 Å². The molecule has 0 fully saturated rings. The summed E-state index contributed by atoms with van der Waals surface area (Å²) < 4.78 is 0. The number of nitrogens with zero attached hydrogens (tertiary/aromatic N) is 2. The Morgan fingerprint density at radius 3 is 2.56 bits per heavy atom. The fourth-order valence-electron chi connectivity index (χ4n) is 1.84. The summed E-state index contributed by atoms with van der Waals surface area (Å²) in [6, 6.07) is 9.39. The van der Waals surface area contributed by atoms with Gasteiger partial charge >= 0.3 is 0 Å². The number of nitriles is 1. The van der Waals surface area contributed by atoms with E-state index in [1.165, 1.54) is 0 Å². The SMILES string of the molecule is CCN(CC)CCNC(C#N)c1ccccc1Cl. The van der Waals surface area contributed by atoms with Gasteiger partial charge in [-0.2, -0.15) is 5.26 Å². The Hall–Kier alpha value is -1.08. The van der Waals surface area contributed by atoms with Gasteiger partial charge in [0, 0.05) is 23.7 Å². The van der Waals surface area contributed by atoms with Gasteiger partial charge in [-0.15, -0.1) is 0 Å². The molecule has 0 heterocycles. The van der Waals surface area contributed by atoms with Crippen LogP contribution in [0.15, 0.2) is 24.3 Å². The van der Waals surface area contributed by atoms with Crippen LogP contribution >= 0.6 is 11.6 Å². The minimum absolute atomic E-state index is 0.339. The summed E-state index contributed by atoms with van der Waals surface area (Å²) in [5.41, 5.74) is 0.848. The highest BCUT2D eigenvalue weighted by molar-refractivity contribution is 6.31. The van der Waals surface area contributed by atoms with Crippen molar-refractivity contribution in [1.82, 2.24) is 10.2 Å². The van der Waals surface area contributed by atoms with Gasteiger partial charge in [0.05, 0.1) is 6.07 Å². The van der Waals surface area contributed by atoms with Crippen molar-refractivity contribution in [3.63, 3.8) is 0 Å². The van der Waals surface area contributed by atoms with Crippen LogP contribution in [0.25, 0.3) is 0 Å². The van der Waals surface area contributed by atoms with E-state index in [0.717, 1.165) is 31.7 Å². The van der Waals surface area contributed by atoms with Crippen LogP contribution in [0.1, 0.15) is 25.5 Å². The summed E-state index contributed by atoms with van der Waals surface area (Å²) in [5, 5.41) is 13.1. The second-order valence-corrected chi connectivity index (χ2v) is 4.47. The van der Waals surface area contributed by atoms with Gasteiger partial charge in [-0.3, -0.25) is 5.32 Å². The first-order valence-corrected chi connectivity index (χ1v) is 6.70. The van der Waals surface area contributed by atoms with E-state index in [1.54, 1.807) is 0 Å². The Balaban J connectivity index is 2.54. The highest BCUT2D eigenvalue weighted by Gasteiger charge is 2.12. The van der Waals surface area contributed by atoms with Crippen LogP contribution in [0, 0.1) is 11.3 Å². The standard InChI is InChI=1S/C14H20ClN3/c1-3-18(4-2)10-9-17-14(11-16)12-7-5-6-8-13(12)15/h5-8,14,17H,3-4,9-10H2,1-2H3. The van der Waals surface area contributed by atoms with Gasteiger partial charge in [-0.05, 0) is 19.2 Å². The molecule has 1 aromatic carbocycles. The van der Waals surface area contributed by atoms with Gasteiger partial charge in [0.15, 0.2) is 0 Å². The predicted molar refractivity (Wildman–Crippen MR) is 75.6 cm³/mol. The summed E-state index contributed by atoms with van der Waals surface area (Å²) in [6.07, 6.45) is 0. The molecule has 1 atom stereocenters. The molecule has 3 nitrogen and oxygen atoms in total. The molecule has 0 bridgehead atoms. The first-order valence-electron chi connectivity index (χ1n) is 6.32. The van der Waals surface area contributed by atoms with E-state index in [2.05, 4.69) is 30.1 Å². The Kier molecular flexibility index (Phi) is 6.74. The number of hydrogen-bond acceptors (Lipinski definition) is 3. The van der Waals surface area contributed by atoms with Crippen molar-refractivity contribution in [1.29, 1.82) is 5.26 Å². The topological polar surface area (TPSA) is 39.1 Å². The maximum atomic E-state index is 9.20. The number of likely N-dealkylation sites (N-methyl/N-ethyl adjacent to an activating group) is 1. The highest BCUT2D eigenvalue weighted by atomic mass is 35.5. The van der Waals surface area contributed by atoms with Crippen molar-refractivity contribution >= 4 is 11.6 Å². The lowest BCUT2D eigenvalue weighted by molar-refractivity contribution is 0.300. The predicted octanol–water partition coefficient (Wildman–Crippen LogP) is 2.84. The molecule has 0 aliphatic heterocycles. The molecule has 0 spiro atoms. The van der Waals surface area contributed by atoms with Crippen molar-refractivity contribution in [2.45, 2.75) is 19.9 Å². The number of nitrogens with one attached hydrogen (secondary N) is 1. The van der Waals surface area contributed by atoms with E-state index in [0.29, 0.717) is 5.02 Å². The average Bonchev–Trinajstić information content (AvgIpc) is 2.40. The molecule has 0 saturated heterocycles. The highest BCUT2D eigenvalue weighted by Crippen LogP contribution is 2.21. The maximum absolute atomic E-state index is 9.20. The molecule has 98 valence electrons. The third kappa shape index (κ3) is 4.30. The summed E-state index contributed by atoms with van der Waals surface area (Å²) in [4.78, 5) is 2.31. The molecule has 0 radical (unpaired) electrons. The molecular formula is C14H20ClN3. The summed E-state index contributed by atoms with van der Waals surface area (Å²) in [5.74, 6) is 0. The minimum atomic E-state index is -0.339. The fraction of sp³-hybridized carbons (Fsp3) is 0.500. The Labute approximate surface area is 114 Å². The van der Waals surface area contributed by atoms with Gasteiger partial charge in [0.1, 0.15) is 6.04 Å². The molecule has 0 amide bonds. The van der Waals surface area contributed by atoms with Crippen molar-refractivity contribution in [3.8, 4) is 6.07 Å². The summed E-state index contributed by atoms with van der Waals surface area (Å²) in [6.45, 7) is 8.06. The average molecular weight is 266 g/mol. The van der Waals surface area contributed by atoms with Crippen LogP contribution in [0.3, 0.4) is 0 Å². The molecule has 0 aromatic heterocycles. The van der Waals surface area contributed by atoms with Gasteiger partial charge in [-0.1, -0.05) is 43.6 Å². The van der Waals surface area contributed by atoms with Crippen molar-refractivity contribution < 1.29 is 0 Å². The largest absolute Gasteiger partial charge is 0.303 e. The van der Waals surface area contributed by atoms with Gasteiger partial charge in [0.25, 0.3) is 0 Å². The maximum Gasteiger partial charge on any atom is 0.122 e. The quantitative estimate of drug-likeness (QED) is 0.824. The normalized spacial score (nSPS) is 12.4. The van der Waals surface area contributed by atoms with Gasteiger partial charge < -0.3 is 4.90 Å². The number of rotatable bonds is 7. The van der Waals surface area contributed by atoms with Crippen LogP contribution in [-0.4, -0.2) is 31.1 Å². The monoisotopic (exact) mass is 265 g/mol. The molecule has 1 rings (SSSR count). The molecule has 0 aliphatic carbocycles. The zero-order chi connectivity index (χ0) is 13.4. The molecule has 0 aliphatic rings. The third-order valence-electron chi connectivity index (χ3n) is 3.02. The van der Waals surface area contributed by atoms with E-state index in [1.807, 2.05) is 24.3 Å². The first kappa shape index (κ1) is 15.0. The zero-order valence-electron chi connectivity index (χ0n) is 11.0. The Morgan fingerprint density at radius 2 is 2.00 bits per heavy atom. The van der Waals surface area contributed by atoms with Crippen LogP contribution in [0.5, 0.6) is 0 Å². The van der Waals surface area contributed by atoms with Crippen molar-refractivity contribution in [3.05, 3.63) is 34.9 Å². The van der Waals surface area contributed by atoms with E-state index >= 15 is 0 Å². The van der Waals surface area contributed by atoms with Crippen LogP contribution in [-0.2, 0) is 0 Å². The van der Waals surface area contributed by atoms with Crippen LogP contribution in [0.2, 0.25) is 5.02 Å². The van der Waals surface area contributed by atoms with Crippen LogP contribution in [0.4, 0.5) is 0 Å². The molecule has 0 saturated carbocycles. The van der Waals surface area contributed by atoms with Crippen molar-refractivity contribution in [2.75, 3.05) is 26.2 Å². The second-order valence-electron chi connectivity index (χ2n) is 4.06. The number of halogens is 1. The molecular weight excluding hydrogens is 246 g/mol. The van der Waals surface area contributed by atoms with Gasteiger partial charge in [-0.25, -0.2) is 0 Å². The number of hydrogen-bond donors (Lipinski definition) is 1. The molecule has 18 heavy (non-hydrogen) atoms. The third-order valence-corrected chi connectivity index (χ3v) is 3.36. The van der Waals surface area contributed by atoms with Crippen LogP contribution < -0.4 is 5.32 Å². The molecule has 1 N–H and O–H groups in total. The molecule has 1 unspecified atom stereocenters. The Morgan fingerprint density at radius 1 is 1.33 bits per heavy atom. The lowest BCUT2D eigenvalue weighted by Crippen LogP contribution is -2.33. The van der Waals surface area contributed by atoms with E-state index in [9.17, 15) is 5.26 Å². The zero-order valence-corrected chi connectivity index (χ0v) is 11.7. The summed E-state index contributed by atoms with van der Waals surface area (Å²) >= 11 is 6.09. The smallest absolute Gasteiger partial charge is 0.122 e. The molecule has 1 aromatic rings. The fourth-order valence-corrected chi connectivity index (χ4v) is 2.09. The van der Waals surface area contributed by atoms with E-state index in [4.69, 9.17) is 11.6 Å². The Bertz CT molecular complexity index is 396. The number of benzene rings is 1. The lowest BCUT2D eigenvalue weighted by Gasteiger charge is -2.20.